The molecule has 5 rings (SSSR count). The zero-order valence-electron chi connectivity index (χ0n) is 13.2. The first-order valence-electron chi connectivity index (χ1n) is 8.61. The monoisotopic (exact) mass is 318 g/mol. The number of carbonyl (C=O) groups excluding carboxylic acids is 2. The van der Waals surface area contributed by atoms with Crippen LogP contribution in [-0.2, 0) is 19.7 Å². The third-order valence-electron chi connectivity index (χ3n) is 6.46. The molecule has 1 heterocycles. The molecule has 0 aromatic heterocycles. The number of fused-ring (bicyclic) bond motifs is 5. The number of hydrogen-bond acceptors (Lipinski definition) is 3. The smallest absolute Gasteiger partial charge is 0.317 e. The van der Waals surface area contributed by atoms with Gasteiger partial charge in [-0.3, -0.25) is 9.59 Å². The minimum absolute atomic E-state index is 0.135. The van der Waals surface area contributed by atoms with Gasteiger partial charge in [-0.05, 0) is 35.8 Å². The molecule has 3 nitrogen and oxygen atoms in total. The zero-order valence-corrected chi connectivity index (χ0v) is 13.2. The van der Waals surface area contributed by atoms with E-state index in [4.69, 9.17) is 4.74 Å². The fraction of sp³-hybridized carbons (Fsp3) is 0.333. The van der Waals surface area contributed by atoms with Crippen molar-refractivity contribution in [3.8, 4) is 0 Å². The molecular weight excluding hydrogens is 300 g/mol. The lowest BCUT2D eigenvalue weighted by Gasteiger charge is -2.37. The van der Waals surface area contributed by atoms with Crippen molar-refractivity contribution in [3.05, 3.63) is 71.8 Å². The minimum Gasteiger partial charge on any atom is -0.393 e. The number of cyclic esters (lactones) is 2. The van der Waals surface area contributed by atoms with Gasteiger partial charge < -0.3 is 4.74 Å². The van der Waals surface area contributed by atoms with Gasteiger partial charge in [-0.1, -0.05) is 60.7 Å². The first kappa shape index (κ1) is 14.0. The number of carbonyl (C=O) groups is 2. The van der Waals surface area contributed by atoms with Crippen molar-refractivity contribution in [3.63, 3.8) is 0 Å². The highest BCUT2D eigenvalue weighted by Gasteiger charge is 2.71. The molecule has 4 atom stereocenters. The van der Waals surface area contributed by atoms with Crippen LogP contribution in [0.2, 0.25) is 0 Å². The maximum Gasteiger partial charge on any atom is 0.317 e. The van der Waals surface area contributed by atoms with Gasteiger partial charge in [0.15, 0.2) is 0 Å². The van der Waals surface area contributed by atoms with E-state index in [1.165, 1.54) is 11.1 Å². The average Bonchev–Trinajstić information content (AvgIpc) is 3.24. The van der Waals surface area contributed by atoms with Crippen molar-refractivity contribution >= 4 is 11.9 Å². The molecule has 1 aliphatic heterocycles. The zero-order chi connectivity index (χ0) is 16.3. The molecule has 120 valence electrons. The molecule has 2 aromatic carbocycles. The molecule has 3 aliphatic rings. The van der Waals surface area contributed by atoms with E-state index in [0.29, 0.717) is 0 Å². The molecule has 24 heavy (non-hydrogen) atoms. The lowest BCUT2D eigenvalue weighted by atomic mass is 9.66. The first-order valence-corrected chi connectivity index (χ1v) is 8.61. The van der Waals surface area contributed by atoms with Crippen LogP contribution >= 0.6 is 0 Å². The maximum atomic E-state index is 12.4. The third-order valence-corrected chi connectivity index (χ3v) is 6.46. The van der Waals surface area contributed by atoms with Gasteiger partial charge in [0.2, 0.25) is 0 Å². The topological polar surface area (TPSA) is 43.4 Å². The minimum atomic E-state index is -0.312. The predicted molar refractivity (Wildman–Crippen MR) is 88.0 cm³/mol. The Morgan fingerprint density at radius 1 is 0.708 bits per heavy atom. The van der Waals surface area contributed by atoms with Crippen LogP contribution < -0.4 is 0 Å². The molecule has 2 bridgehead atoms. The molecule has 0 radical (unpaired) electrons. The third kappa shape index (κ3) is 1.52. The van der Waals surface area contributed by atoms with Crippen LogP contribution in [0.15, 0.2) is 60.7 Å². The van der Waals surface area contributed by atoms with E-state index in [-0.39, 0.29) is 41.0 Å². The van der Waals surface area contributed by atoms with Gasteiger partial charge in [0.05, 0.1) is 11.8 Å². The standard InChI is InChI=1S/C21H18O3/c22-19-17-15-11-12-16(18(17)20(23)24-19)21(15,13-7-3-1-4-8-13)14-9-5-2-6-10-14/h1-10,15-18H,11-12H2/t15-,16-,17-,18-/m1/s1. The predicted octanol–water partition coefficient (Wildman–Crippen LogP) is 3.33. The van der Waals surface area contributed by atoms with Crippen molar-refractivity contribution in [2.24, 2.45) is 23.7 Å². The summed E-state index contributed by atoms with van der Waals surface area (Å²) >= 11 is 0. The van der Waals surface area contributed by atoms with E-state index in [1.807, 2.05) is 36.4 Å². The Kier molecular flexibility index (Phi) is 2.79. The quantitative estimate of drug-likeness (QED) is 0.630. The van der Waals surface area contributed by atoms with Gasteiger partial charge in [-0.2, -0.15) is 0 Å². The Morgan fingerprint density at radius 2 is 1.12 bits per heavy atom. The van der Waals surface area contributed by atoms with Crippen LogP contribution in [0, 0.1) is 23.7 Å². The fourth-order valence-corrected chi connectivity index (χ4v) is 5.82. The van der Waals surface area contributed by atoms with Crippen molar-refractivity contribution in [1.82, 2.24) is 0 Å². The van der Waals surface area contributed by atoms with Gasteiger partial charge in [0.1, 0.15) is 0 Å². The summed E-state index contributed by atoms with van der Waals surface area (Å²) in [6.45, 7) is 0. The van der Waals surface area contributed by atoms with E-state index in [0.717, 1.165) is 12.8 Å². The van der Waals surface area contributed by atoms with Crippen LogP contribution in [0.5, 0.6) is 0 Å². The summed E-state index contributed by atoms with van der Waals surface area (Å²) in [5.41, 5.74) is 2.19. The molecular formula is C21H18O3. The summed E-state index contributed by atoms with van der Waals surface area (Å²) in [7, 11) is 0. The number of ether oxygens (including phenoxy) is 1. The van der Waals surface area contributed by atoms with Gasteiger partial charge >= 0.3 is 11.9 Å². The van der Waals surface area contributed by atoms with Gasteiger partial charge in [-0.15, -0.1) is 0 Å². The molecule has 0 amide bonds. The molecule has 3 heteroatoms. The summed E-state index contributed by atoms with van der Waals surface area (Å²) in [5.74, 6) is -0.914. The second kappa shape index (κ2) is 4.79. The lowest BCUT2D eigenvalue weighted by molar-refractivity contribution is -0.155. The van der Waals surface area contributed by atoms with Crippen LogP contribution in [0.3, 0.4) is 0 Å². The summed E-state index contributed by atoms with van der Waals surface area (Å²) in [4.78, 5) is 24.7. The number of esters is 2. The SMILES string of the molecule is O=C1OC(=O)[C@H]2[C@H]1[C@H]1CC[C@H]2C1(c1ccccc1)c1ccccc1. The van der Waals surface area contributed by atoms with E-state index < -0.39 is 0 Å². The molecule has 0 unspecified atom stereocenters. The van der Waals surface area contributed by atoms with Crippen molar-refractivity contribution in [2.75, 3.05) is 0 Å². The Labute approximate surface area is 140 Å². The van der Waals surface area contributed by atoms with Crippen LogP contribution in [0.1, 0.15) is 24.0 Å². The van der Waals surface area contributed by atoms with Gasteiger partial charge in [0.25, 0.3) is 0 Å². The molecule has 2 aliphatic carbocycles. The Balaban J connectivity index is 1.78. The van der Waals surface area contributed by atoms with Crippen molar-refractivity contribution in [2.45, 2.75) is 18.3 Å². The highest BCUT2D eigenvalue weighted by molar-refractivity contribution is 5.98. The first-order chi connectivity index (χ1) is 11.7. The molecule has 0 spiro atoms. The van der Waals surface area contributed by atoms with Crippen LogP contribution in [0.4, 0.5) is 0 Å². The van der Waals surface area contributed by atoms with E-state index in [1.54, 1.807) is 0 Å². The summed E-state index contributed by atoms with van der Waals surface area (Å²) < 4.78 is 5.00. The fourth-order valence-electron chi connectivity index (χ4n) is 5.82. The lowest BCUT2D eigenvalue weighted by Crippen LogP contribution is -2.36. The summed E-state index contributed by atoms with van der Waals surface area (Å²) in [5, 5.41) is 0. The Bertz CT molecular complexity index is 742. The number of hydrogen-bond donors (Lipinski definition) is 0. The Hall–Kier alpha value is -2.42. The Morgan fingerprint density at radius 3 is 1.54 bits per heavy atom. The second-order valence-electron chi connectivity index (χ2n) is 7.18. The van der Waals surface area contributed by atoms with Gasteiger partial charge in [-0.25, -0.2) is 0 Å². The van der Waals surface area contributed by atoms with Gasteiger partial charge in [0, 0.05) is 5.41 Å². The van der Waals surface area contributed by atoms with Crippen LogP contribution in [-0.4, -0.2) is 11.9 Å². The number of benzene rings is 2. The molecule has 1 saturated heterocycles. The second-order valence-corrected chi connectivity index (χ2v) is 7.18. The van der Waals surface area contributed by atoms with Crippen LogP contribution in [0.25, 0.3) is 0 Å². The van der Waals surface area contributed by atoms with Crippen molar-refractivity contribution < 1.29 is 14.3 Å². The maximum absolute atomic E-state index is 12.4. The highest BCUT2D eigenvalue weighted by atomic mass is 16.6. The van der Waals surface area contributed by atoms with E-state index in [2.05, 4.69) is 24.3 Å². The summed E-state index contributed by atoms with van der Waals surface area (Å²) in [6.07, 6.45) is 1.94. The van der Waals surface area contributed by atoms with E-state index in [9.17, 15) is 9.59 Å². The number of rotatable bonds is 2. The average molecular weight is 318 g/mol. The molecule has 3 fully saturated rings. The highest BCUT2D eigenvalue weighted by Crippen LogP contribution is 2.68. The van der Waals surface area contributed by atoms with E-state index >= 15 is 0 Å². The molecule has 2 saturated carbocycles. The van der Waals surface area contributed by atoms with Crippen molar-refractivity contribution in [1.29, 1.82) is 0 Å². The molecule has 2 aromatic rings. The summed E-state index contributed by atoms with van der Waals surface area (Å²) in [6, 6.07) is 20.8. The largest absolute Gasteiger partial charge is 0.393 e. The molecule has 0 N–H and O–H groups in total. The normalized spacial score (nSPS) is 32.7.